The number of carbonyl (C=O) groups excluding carboxylic acids is 1. The molecule has 0 unspecified atom stereocenters. The van der Waals surface area contributed by atoms with Gasteiger partial charge in [-0.05, 0) is 62.7 Å². The topological polar surface area (TPSA) is 67.8 Å². The Morgan fingerprint density at radius 2 is 2.08 bits per heavy atom. The van der Waals surface area contributed by atoms with Crippen LogP contribution in [0.1, 0.15) is 32.6 Å². The van der Waals surface area contributed by atoms with Gasteiger partial charge in [0.2, 0.25) is 6.29 Å². The van der Waals surface area contributed by atoms with Gasteiger partial charge in [-0.15, -0.1) is 0 Å². The van der Waals surface area contributed by atoms with Gasteiger partial charge in [0.25, 0.3) is 5.91 Å². The van der Waals surface area contributed by atoms with Crippen molar-refractivity contribution in [3.8, 4) is 0 Å². The van der Waals surface area contributed by atoms with Gasteiger partial charge in [-0.25, -0.2) is 0 Å². The Labute approximate surface area is 149 Å². The summed E-state index contributed by atoms with van der Waals surface area (Å²) in [5.74, 6) is 1.16. The molecular weight excluding hydrogens is 318 g/mol. The van der Waals surface area contributed by atoms with Gasteiger partial charge < -0.3 is 19.9 Å². The fourth-order valence-corrected chi connectivity index (χ4v) is 3.52. The molecule has 1 aliphatic carbocycles. The van der Waals surface area contributed by atoms with Crippen molar-refractivity contribution in [2.75, 3.05) is 18.5 Å². The molecule has 0 saturated heterocycles. The first-order valence-corrected chi connectivity index (χ1v) is 9.20. The fraction of sp³-hybridized carbons (Fsp3) is 0.550. The Balaban J connectivity index is 1.77. The summed E-state index contributed by atoms with van der Waals surface area (Å²) in [6, 6.07) is 9.37. The normalized spacial score (nSPS) is 25.8. The van der Waals surface area contributed by atoms with Crippen molar-refractivity contribution < 1.29 is 19.4 Å². The highest BCUT2D eigenvalue weighted by Crippen LogP contribution is 2.47. The monoisotopic (exact) mass is 345 g/mol. The lowest BCUT2D eigenvalue weighted by Gasteiger charge is -2.37. The minimum absolute atomic E-state index is 0.164. The molecule has 3 atom stereocenters. The number of anilines is 1. The molecule has 0 spiro atoms. The van der Waals surface area contributed by atoms with Gasteiger partial charge in [0.15, 0.2) is 5.76 Å². The van der Waals surface area contributed by atoms with Crippen LogP contribution in [0.4, 0.5) is 5.69 Å². The van der Waals surface area contributed by atoms with E-state index in [1.165, 1.54) is 12.8 Å². The summed E-state index contributed by atoms with van der Waals surface area (Å²) in [7, 11) is 0. The number of benzene rings is 1. The molecule has 0 bridgehead atoms. The van der Waals surface area contributed by atoms with Crippen LogP contribution in [0.25, 0.3) is 0 Å². The Kier molecular flexibility index (Phi) is 6.10. The Morgan fingerprint density at radius 1 is 1.32 bits per heavy atom. The molecular formula is C20H27NO4. The van der Waals surface area contributed by atoms with E-state index in [1.54, 1.807) is 0 Å². The molecule has 3 rings (SSSR count). The van der Waals surface area contributed by atoms with Crippen LogP contribution in [0.15, 0.2) is 42.2 Å². The molecule has 5 heteroatoms. The Morgan fingerprint density at radius 3 is 2.72 bits per heavy atom. The van der Waals surface area contributed by atoms with Crippen LogP contribution < -0.4 is 5.32 Å². The number of allylic oxidation sites excluding steroid dienone is 1. The van der Waals surface area contributed by atoms with Crippen molar-refractivity contribution in [3.63, 3.8) is 0 Å². The van der Waals surface area contributed by atoms with Crippen molar-refractivity contribution in [1.82, 2.24) is 0 Å². The minimum Gasteiger partial charge on any atom is -0.459 e. The predicted molar refractivity (Wildman–Crippen MR) is 95.7 cm³/mol. The number of aliphatic hydroxyl groups excluding tert-OH is 1. The summed E-state index contributed by atoms with van der Waals surface area (Å²) in [5.41, 5.74) is 0.746. The second-order valence-corrected chi connectivity index (χ2v) is 6.74. The van der Waals surface area contributed by atoms with Crippen LogP contribution in [0.2, 0.25) is 0 Å². The SMILES string of the molecule is CCO[C@H]1OC(C(=O)Nc2ccccc2)=C[C@@H](C2CC2)[C@@H]1CCCO. The van der Waals surface area contributed by atoms with E-state index in [0.29, 0.717) is 18.3 Å². The van der Waals surface area contributed by atoms with Crippen LogP contribution in [0.5, 0.6) is 0 Å². The molecule has 5 nitrogen and oxygen atoms in total. The zero-order chi connectivity index (χ0) is 17.6. The largest absolute Gasteiger partial charge is 0.459 e. The first-order valence-electron chi connectivity index (χ1n) is 9.20. The molecule has 0 radical (unpaired) electrons. The van der Waals surface area contributed by atoms with Crippen LogP contribution >= 0.6 is 0 Å². The van der Waals surface area contributed by atoms with Crippen molar-refractivity contribution in [2.45, 2.75) is 38.9 Å². The maximum atomic E-state index is 12.6. The third-order valence-corrected chi connectivity index (χ3v) is 4.88. The number of nitrogens with one attached hydrogen (secondary N) is 1. The van der Waals surface area contributed by atoms with E-state index in [0.717, 1.165) is 18.5 Å². The van der Waals surface area contributed by atoms with Crippen LogP contribution in [-0.4, -0.2) is 30.5 Å². The lowest BCUT2D eigenvalue weighted by molar-refractivity contribution is -0.172. The molecule has 1 aromatic rings. The van der Waals surface area contributed by atoms with Crippen LogP contribution in [-0.2, 0) is 14.3 Å². The Hall–Kier alpha value is -1.85. The lowest BCUT2D eigenvalue weighted by Crippen LogP contribution is -2.39. The average Bonchev–Trinajstić information content (AvgIpc) is 3.46. The quantitative estimate of drug-likeness (QED) is 0.758. The van der Waals surface area contributed by atoms with E-state index in [9.17, 15) is 9.90 Å². The maximum Gasteiger partial charge on any atom is 0.290 e. The molecule has 25 heavy (non-hydrogen) atoms. The second kappa shape index (κ2) is 8.50. The molecule has 1 fully saturated rings. The van der Waals surface area contributed by atoms with E-state index in [-0.39, 0.29) is 24.3 Å². The molecule has 1 aliphatic heterocycles. The smallest absolute Gasteiger partial charge is 0.290 e. The number of hydrogen-bond acceptors (Lipinski definition) is 4. The second-order valence-electron chi connectivity index (χ2n) is 6.74. The van der Waals surface area contributed by atoms with Gasteiger partial charge in [-0.2, -0.15) is 0 Å². The molecule has 136 valence electrons. The minimum atomic E-state index is -0.427. The standard InChI is InChI=1S/C20H27NO4/c1-2-24-20-16(9-6-12-22)17(14-10-11-14)13-18(25-20)19(23)21-15-7-4-3-5-8-15/h3-5,7-8,13-14,16-17,20,22H,2,6,9-12H2,1H3,(H,21,23)/t16-,17-,20-/m0/s1. The highest BCUT2D eigenvalue weighted by atomic mass is 16.7. The predicted octanol–water partition coefficient (Wildman–Crippen LogP) is 3.32. The highest BCUT2D eigenvalue weighted by Gasteiger charge is 2.43. The van der Waals surface area contributed by atoms with E-state index < -0.39 is 6.29 Å². The van der Waals surface area contributed by atoms with Gasteiger partial charge in [0, 0.05) is 24.8 Å². The van der Waals surface area contributed by atoms with E-state index in [2.05, 4.69) is 5.32 Å². The molecule has 0 aromatic heterocycles. The van der Waals surface area contributed by atoms with Crippen molar-refractivity contribution in [1.29, 1.82) is 0 Å². The third-order valence-electron chi connectivity index (χ3n) is 4.88. The van der Waals surface area contributed by atoms with Crippen molar-refractivity contribution >= 4 is 11.6 Å². The summed E-state index contributed by atoms with van der Waals surface area (Å²) >= 11 is 0. The summed E-state index contributed by atoms with van der Waals surface area (Å²) in [4.78, 5) is 12.6. The molecule has 1 heterocycles. The molecule has 2 aliphatic rings. The number of carbonyl (C=O) groups is 1. The number of amides is 1. The zero-order valence-electron chi connectivity index (χ0n) is 14.7. The number of para-hydroxylation sites is 1. The highest BCUT2D eigenvalue weighted by molar-refractivity contribution is 6.02. The molecule has 1 aromatic carbocycles. The summed E-state index contributed by atoms with van der Waals surface area (Å²) in [5, 5.41) is 12.1. The lowest BCUT2D eigenvalue weighted by atomic mass is 9.82. The first-order chi connectivity index (χ1) is 12.2. The number of aliphatic hydroxyl groups is 1. The fourth-order valence-electron chi connectivity index (χ4n) is 3.52. The van der Waals surface area contributed by atoms with Crippen molar-refractivity contribution in [2.24, 2.45) is 17.8 Å². The van der Waals surface area contributed by atoms with Gasteiger partial charge in [-0.3, -0.25) is 4.79 Å². The maximum absolute atomic E-state index is 12.6. The van der Waals surface area contributed by atoms with E-state index in [4.69, 9.17) is 9.47 Å². The van der Waals surface area contributed by atoms with Crippen molar-refractivity contribution in [3.05, 3.63) is 42.2 Å². The van der Waals surface area contributed by atoms with E-state index >= 15 is 0 Å². The summed E-state index contributed by atoms with van der Waals surface area (Å²) < 4.78 is 11.7. The average molecular weight is 345 g/mol. The number of ether oxygens (including phenoxy) is 2. The number of rotatable bonds is 8. The first kappa shape index (κ1) is 18.0. The van der Waals surface area contributed by atoms with Crippen LogP contribution in [0.3, 0.4) is 0 Å². The van der Waals surface area contributed by atoms with Gasteiger partial charge in [-0.1, -0.05) is 18.2 Å². The molecule has 1 saturated carbocycles. The molecule has 1 amide bonds. The third kappa shape index (κ3) is 4.61. The summed E-state index contributed by atoms with van der Waals surface area (Å²) in [6.45, 7) is 2.63. The van der Waals surface area contributed by atoms with Gasteiger partial charge >= 0.3 is 0 Å². The van der Waals surface area contributed by atoms with Crippen LogP contribution in [0, 0.1) is 17.8 Å². The molecule has 2 N–H and O–H groups in total. The Bertz CT molecular complexity index is 597. The van der Waals surface area contributed by atoms with E-state index in [1.807, 2.05) is 43.3 Å². The van der Waals surface area contributed by atoms with Gasteiger partial charge in [0.05, 0.1) is 0 Å². The number of hydrogen-bond donors (Lipinski definition) is 2. The zero-order valence-corrected chi connectivity index (χ0v) is 14.7. The summed E-state index contributed by atoms with van der Waals surface area (Å²) in [6.07, 6.45) is 5.48. The van der Waals surface area contributed by atoms with Gasteiger partial charge in [0.1, 0.15) is 0 Å².